The molecule has 0 amide bonds. The molecule has 6 heteroatoms. The second kappa shape index (κ2) is 5.67. The van der Waals surface area contributed by atoms with Crippen molar-refractivity contribution in [2.45, 2.75) is 39.1 Å². The van der Waals surface area contributed by atoms with Crippen molar-refractivity contribution >= 4 is 7.12 Å². The molecule has 2 rings (SSSR count). The maximum absolute atomic E-state index is 11.7. The summed E-state index contributed by atoms with van der Waals surface area (Å²) in [6.45, 7) is 5.26. The normalized spacial score (nSPS) is 20.4. The summed E-state index contributed by atoms with van der Waals surface area (Å²) in [4.78, 5) is 15.6. The van der Waals surface area contributed by atoms with Gasteiger partial charge in [-0.15, -0.1) is 0 Å². The van der Waals surface area contributed by atoms with Gasteiger partial charge < -0.3 is 9.68 Å². The first-order valence-electron chi connectivity index (χ1n) is 6.42. The zero-order valence-corrected chi connectivity index (χ0v) is 10.9. The largest absolute Gasteiger partial charge is 0.454 e. The van der Waals surface area contributed by atoms with Gasteiger partial charge in [-0.25, -0.2) is 9.78 Å². The molecule has 2 heterocycles. The van der Waals surface area contributed by atoms with Gasteiger partial charge in [0.15, 0.2) is 0 Å². The molecule has 1 aromatic heterocycles. The van der Waals surface area contributed by atoms with E-state index in [-0.39, 0.29) is 11.6 Å². The molecule has 0 saturated carbocycles. The van der Waals surface area contributed by atoms with Crippen molar-refractivity contribution in [3.63, 3.8) is 0 Å². The van der Waals surface area contributed by atoms with E-state index in [0.717, 1.165) is 12.0 Å². The maximum Gasteiger partial charge on any atom is 0.454 e. The summed E-state index contributed by atoms with van der Waals surface area (Å²) in [7, 11) is -0.641. The second-order valence-corrected chi connectivity index (χ2v) is 5.21. The Morgan fingerprint density at radius 2 is 2.44 bits per heavy atom. The fourth-order valence-electron chi connectivity index (χ4n) is 2.12. The van der Waals surface area contributed by atoms with Crippen LogP contribution in [-0.4, -0.2) is 28.3 Å². The average molecular weight is 250 g/mol. The van der Waals surface area contributed by atoms with E-state index in [0.29, 0.717) is 25.4 Å². The molecule has 0 aliphatic carbocycles. The molecule has 98 valence electrons. The fraction of sp³-hybridized carbons (Fsp3) is 0.667. The Balaban J connectivity index is 2.08. The molecule has 1 fully saturated rings. The lowest BCUT2D eigenvalue weighted by Gasteiger charge is -2.24. The highest BCUT2D eigenvalue weighted by molar-refractivity contribution is 6.42. The third-order valence-corrected chi connectivity index (χ3v) is 3.34. The number of hydrogen-bond acceptors (Lipinski definition) is 4. The predicted octanol–water partition coefficient (Wildman–Crippen LogP) is 0.884. The van der Waals surface area contributed by atoms with Crippen molar-refractivity contribution < 1.29 is 9.68 Å². The van der Waals surface area contributed by atoms with Gasteiger partial charge in [0.1, 0.15) is 0 Å². The van der Waals surface area contributed by atoms with Crippen LogP contribution in [0.3, 0.4) is 0 Å². The minimum atomic E-state index is -0.641. The third kappa shape index (κ3) is 3.20. The van der Waals surface area contributed by atoms with Crippen LogP contribution >= 0.6 is 0 Å². The molecule has 1 N–H and O–H groups in total. The van der Waals surface area contributed by atoms with Gasteiger partial charge in [0.2, 0.25) is 0 Å². The van der Waals surface area contributed by atoms with Gasteiger partial charge in [-0.1, -0.05) is 13.8 Å². The minimum Gasteiger partial charge on any atom is -0.427 e. The lowest BCUT2D eigenvalue weighted by molar-refractivity contribution is 0.164. The highest BCUT2D eigenvalue weighted by Gasteiger charge is 2.24. The number of hydrogen-bond donors (Lipinski definition) is 1. The highest BCUT2D eigenvalue weighted by Crippen LogP contribution is 2.18. The Morgan fingerprint density at radius 3 is 3.06 bits per heavy atom. The van der Waals surface area contributed by atoms with Crippen LogP contribution in [0.2, 0.25) is 6.32 Å². The summed E-state index contributed by atoms with van der Waals surface area (Å²) in [5.74, 6) is 0.629. The third-order valence-electron chi connectivity index (χ3n) is 3.34. The number of aromatic nitrogens is 2. The van der Waals surface area contributed by atoms with Gasteiger partial charge in [-0.3, -0.25) is 4.57 Å². The molecule has 1 atom stereocenters. The zero-order valence-electron chi connectivity index (χ0n) is 10.9. The molecular formula is C12H19BN2O3. The van der Waals surface area contributed by atoms with Crippen LogP contribution in [0.15, 0.2) is 17.2 Å². The summed E-state index contributed by atoms with van der Waals surface area (Å²) in [6, 6.07) is 0. The Morgan fingerprint density at radius 1 is 1.67 bits per heavy atom. The minimum absolute atomic E-state index is 0.217. The summed E-state index contributed by atoms with van der Waals surface area (Å²) in [6.07, 6.45) is 5.03. The summed E-state index contributed by atoms with van der Waals surface area (Å²) in [5.41, 5.74) is 0.844. The highest BCUT2D eigenvalue weighted by atomic mass is 16.5. The van der Waals surface area contributed by atoms with Crippen LogP contribution in [0.25, 0.3) is 0 Å². The molecule has 0 spiro atoms. The smallest absolute Gasteiger partial charge is 0.427 e. The van der Waals surface area contributed by atoms with Crippen molar-refractivity contribution in [2.24, 2.45) is 5.92 Å². The lowest BCUT2D eigenvalue weighted by Crippen LogP contribution is -2.34. The first-order valence-corrected chi connectivity index (χ1v) is 6.42. The number of nitrogens with zero attached hydrogens (tertiary/aromatic N) is 2. The molecule has 1 saturated heterocycles. The van der Waals surface area contributed by atoms with Crippen molar-refractivity contribution in [3.8, 4) is 0 Å². The van der Waals surface area contributed by atoms with E-state index in [1.54, 1.807) is 10.8 Å². The van der Waals surface area contributed by atoms with Gasteiger partial charge in [0.25, 0.3) is 0 Å². The maximum atomic E-state index is 11.7. The van der Waals surface area contributed by atoms with Crippen LogP contribution in [0.5, 0.6) is 0 Å². The van der Waals surface area contributed by atoms with E-state index in [2.05, 4.69) is 18.8 Å². The second-order valence-electron chi connectivity index (χ2n) is 5.21. The Bertz CT molecular complexity index is 453. The van der Waals surface area contributed by atoms with Crippen molar-refractivity contribution in [1.82, 2.24) is 9.55 Å². The average Bonchev–Trinajstić information content (AvgIpc) is 2.34. The zero-order chi connectivity index (χ0) is 13.1. The molecule has 18 heavy (non-hydrogen) atoms. The molecule has 0 aromatic carbocycles. The molecule has 5 nitrogen and oxygen atoms in total. The molecule has 1 unspecified atom stereocenters. The first-order chi connectivity index (χ1) is 8.56. The fourth-order valence-corrected chi connectivity index (χ4v) is 2.12. The standard InChI is InChI=1S/C12H19BN2O3/c1-9(2)11-5-14-12(16)15(7-11)6-10-3-4-13(17)18-8-10/h5,7,9-10,17H,3-4,6,8H2,1-2H3. The van der Waals surface area contributed by atoms with Crippen molar-refractivity contribution in [3.05, 3.63) is 28.4 Å². The van der Waals surface area contributed by atoms with Gasteiger partial charge in [-0.2, -0.15) is 0 Å². The monoisotopic (exact) mass is 250 g/mol. The summed E-state index contributed by atoms with van der Waals surface area (Å²) < 4.78 is 6.85. The van der Waals surface area contributed by atoms with Crippen molar-refractivity contribution in [1.29, 1.82) is 0 Å². The van der Waals surface area contributed by atoms with Gasteiger partial charge in [0.05, 0.1) is 0 Å². The molecular weight excluding hydrogens is 231 g/mol. The van der Waals surface area contributed by atoms with E-state index in [1.807, 2.05) is 6.20 Å². The van der Waals surface area contributed by atoms with E-state index < -0.39 is 7.12 Å². The Labute approximate surface area is 107 Å². The van der Waals surface area contributed by atoms with Crippen LogP contribution < -0.4 is 5.69 Å². The molecule has 0 bridgehead atoms. The van der Waals surface area contributed by atoms with E-state index in [1.165, 1.54) is 0 Å². The van der Waals surface area contributed by atoms with Crippen LogP contribution in [0.4, 0.5) is 0 Å². The first kappa shape index (κ1) is 13.3. The van der Waals surface area contributed by atoms with Gasteiger partial charge in [0, 0.05) is 25.5 Å². The quantitative estimate of drug-likeness (QED) is 0.809. The van der Waals surface area contributed by atoms with Crippen LogP contribution in [-0.2, 0) is 11.2 Å². The van der Waals surface area contributed by atoms with Crippen molar-refractivity contribution in [2.75, 3.05) is 6.61 Å². The summed E-state index contributed by atoms with van der Waals surface area (Å²) >= 11 is 0. The molecule has 1 aromatic rings. The molecule has 1 aliphatic rings. The van der Waals surface area contributed by atoms with Crippen LogP contribution in [0.1, 0.15) is 31.7 Å². The number of rotatable bonds is 3. The summed E-state index contributed by atoms with van der Waals surface area (Å²) in [5, 5.41) is 9.26. The molecule has 1 aliphatic heterocycles. The van der Waals surface area contributed by atoms with Crippen LogP contribution in [0, 0.1) is 5.92 Å². The predicted molar refractivity (Wildman–Crippen MR) is 69.4 cm³/mol. The van der Waals surface area contributed by atoms with E-state index >= 15 is 0 Å². The van der Waals surface area contributed by atoms with E-state index in [9.17, 15) is 9.82 Å². The lowest BCUT2D eigenvalue weighted by atomic mass is 9.77. The molecule has 0 radical (unpaired) electrons. The SMILES string of the molecule is CC(C)c1cnc(=O)n(CC2CCB(O)OC2)c1. The Hall–Kier alpha value is -1.14. The van der Waals surface area contributed by atoms with E-state index in [4.69, 9.17) is 4.65 Å². The van der Waals surface area contributed by atoms with Gasteiger partial charge >= 0.3 is 12.8 Å². The van der Waals surface area contributed by atoms with Gasteiger partial charge in [-0.05, 0) is 30.1 Å². The topological polar surface area (TPSA) is 64.4 Å². The Kier molecular flexibility index (Phi) is 4.19.